The van der Waals surface area contributed by atoms with Gasteiger partial charge in [-0.15, -0.1) is 0 Å². The number of nitrogens with one attached hydrogen (secondary N) is 1. The van der Waals surface area contributed by atoms with Gasteiger partial charge in [-0.25, -0.2) is 0 Å². The van der Waals surface area contributed by atoms with Crippen LogP contribution in [0.4, 0.5) is 11.4 Å². The molecule has 0 saturated heterocycles. The molecule has 7 nitrogen and oxygen atoms in total. The second kappa shape index (κ2) is 7.19. The molecule has 1 aliphatic heterocycles. The molecule has 1 N–H and O–H groups in total. The molecule has 1 atom stereocenters. The van der Waals surface area contributed by atoms with Crippen LogP contribution in [0.1, 0.15) is 40.3 Å². The number of hydrogen-bond acceptors (Lipinski definition) is 5. The van der Waals surface area contributed by atoms with Crippen LogP contribution in [-0.4, -0.2) is 15.7 Å². The Morgan fingerprint density at radius 1 is 1.18 bits per heavy atom. The van der Waals surface area contributed by atoms with Crippen molar-refractivity contribution in [2.24, 2.45) is 0 Å². The Bertz CT molecular complexity index is 1030. The maximum atomic E-state index is 13.2. The molecule has 1 aliphatic rings. The second-order valence-corrected chi connectivity index (χ2v) is 6.60. The number of nitrogens with zero attached hydrogens (tertiary/aromatic N) is 2. The number of fused-ring (bicyclic) bond motifs is 1. The minimum absolute atomic E-state index is 0.0612. The number of nitro groups is 1. The standard InChI is InChI=1S/C21H19N3O4/c1-2-14-9-10-15(12-19(14)24(26)27)20-22-18-8-4-3-7-17(18)21(25)23(20)13-16-6-5-11-28-16/h3-12,20,22H,2,13H2,1H3/t20-/m1/s1. The average molecular weight is 377 g/mol. The van der Waals surface area contributed by atoms with Crippen molar-refractivity contribution in [3.05, 3.63) is 93.4 Å². The van der Waals surface area contributed by atoms with E-state index in [9.17, 15) is 14.9 Å². The van der Waals surface area contributed by atoms with Crippen molar-refractivity contribution in [2.75, 3.05) is 5.32 Å². The number of nitro benzene ring substituents is 1. The molecular weight excluding hydrogens is 358 g/mol. The molecule has 0 bridgehead atoms. The van der Waals surface area contributed by atoms with Crippen molar-refractivity contribution in [2.45, 2.75) is 26.1 Å². The van der Waals surface area contributed by atoms with Crippen molar-refractivity contribution in [3.63, 3.8) is 0 Å². The molecule has 2 aromatic carbocycles. The van der Waals surface area contributed by atoms with Gasteiger partial charge in [0.25, 0.3) is 11.6 Å². The van der Waals surface area contributed by atoms with Crippen LogP contribution in [0.5, 0.6) is 0 Å². The Morgan fingerprint density at radius 3 is 2.71 bits per heavy atom. The zero-order chi connectivity index (χ0) is 19.7. The van der Waals surface area contributed by atoms with Gasteiger partial charge in [-0.1, -0.05) is 31.2 Å². The molecule has 4 rings (SSSR count). The fourth-order valence-corrected chi connectivity index (χ4v) is 3.51. The summed E-state index contributed by atoms with van der Waals surface area (Å²) in [6.07, 6.45) is 1.57. The molecule has 3 aromatic rings. The first kappa shape index (κ1) is 17.8. The molecule has 0 aliphatic carbocycles. The number of rotatable bonds is 5. The highest BCUT2D eigenvalue weighted by molar-refractivity contribution is 6.01. The van der Waals surface area contributed by atoms with Crippen molar-refractivity contribution in [1.29, 1.82) is 0 Å². The quantitative estimate of drug-likeness (QED) is 0.522. The monoisotopic (exact) mass is 377 g/mol. The van der Waals surface area contributed by atoms with Crippen LogP contribution in [0, 0.1) is 10.1 Å². The summed E-state index contributed by atoms with van der Waals surface area (Å²) in [6.45, 7) is 2.13. The Balaban J connectivity index is 1.79. The van der Waals surface area contributed by atoms with Gasteiger partial charge in [0.2, 0.25) is 0 Å². The van der Waals surface area contributed by atoms with E-state index in [1.165, 1.54) is 0 Å². The van der Waals surface area contributed by atoms with Gasteiger partial charge in [0.1, 0.15) is 11.9 Å². The number of amides is 1. The van der Waals surface area contributed by atoms with E-state index in [0.717, 1.165) is 0 Å². The highest BCUT2D eigenvalue weighted by Gasteiger charge is 2.34. The molecule has 1 amide bonds. The van der Waals surface area contributed by atoms with Crippen LogP contribution in [-0.2, 0) is 13.0 Å². The Morgan fingerprint density at radius 2 is 2.00 bits per heavy atom. The molecule has 0 radical (unpaired) electrons. The number of para-hydroxylation sites is 1. The van der Waals surface area contributed by atoms with Gasteiger partial charge in [0.05, 0.1) is 23.3 Å². The van der Waals surface area contributed by atoms with Crippen molar-refractivity contribution in [3.8, 4) is 0 Å². The zero-order valence-corrected chi connectivity index (χ0v) is 15.3. The average Bonchev–Trinajstić information content (AvgIpc) is 3.22. The number of furan rings is 1. The second-order valence-electron chi connectivity index (χ2n) is 6.60. The summed E-state index contributed by atoms with van der Waals surface area (Å²) in [5, 5.41) is 14.9. The van der Waals surface area contributed by atoms with E-state index < -0.39 is 6.17 Å². The van der Waals surface area contributed by atoms with Crippen molar-refractivity contribution in [1.82, 2.24) is 4.90 Å². The van der Waals surface area contributed by atoms with Gasteiger partial charge < -0.3 is 14.6 Å². The van der Waals surface area contributed by atoms with Crippen LogP contribution in [0.3, 0.4) is 0 Å². The highest BCUT2D eigenvalue weighted by Crippen LogP contribution is 2.36. The first-order valence-electron chi connectivity index (χ1n) is 9.04. The third-order valence-corrected chi connectivity index (χ3v) is 4.93. The molecule has 1 aromatic heterocycles. The molecular formula is C21H19N3O4. The number of carbonyl (C=O) groups is 1. The number of anilines is 1. The number of benzene rings is 2. The molecule has 0 fully saturated rings. The highest BCUT2D eigenvalue weighted by atomic mass is 16.6. The van der Waals surface area contributed by atoms with Gasteiger partial charge >= 0.3 is 0 Å². The fourth-order valence-electron chi connectivity index (χ4n) is 3.51. The Hall–Kier alpha value is -3.61. The Labute approximate surface area is 161 Å². The maximum absolute atomic E-state index is 13.2. The van der Waals surface area contributed by atoms with Crippen LogP contribution in [0.25, 0.3) is 0 Å². The van der Waals surface area contributed by atoms with Gasteiger partial charge in [-0.05, 0) is 30.7 Å². The van der Waals surface area contributed by atoms with E-state index in [1.807, 2.05) is 31.2 Å². The summed E-state index contributed by atoms with van der Waals surface area (Å²) in [7, 11) is 0. The van der Waals surface area contributed by atoms with E-state index in [-0.39, 0.29) is 23.1 Å². The van der Waals surface area contributed by atoms with Gasteiger partial charge in [-0.3, -0.25) is 14.9 Å². The number of carbonyl (C=O) groups excluding carboxylic acids is 1. The first-order valence-corrected chi connectivity index (χ1v) is 9.04. The summed E-state index contributed by atoms with van der Waals surface area (Å²) in [5.41, 5.74) is 2.64. The molecule has 7 heteroatoms. The minimum Gasteiger partial charge on any atom is -0.467 e. The maximum Gasteiger partial charge on any atom is 0.272 e. The van der Waals surface area contributed by atoms with Crippen LogP contribution < -0.4 is 5.32 Å². The van der Waals surface area contributed by atoms with Gasteiger partial charge in [0.15, 0.2) is 0 Å². The van der Waals surface area contributed by atoms with E-state index in [1.54, 1.807) is 41.5 Å². The third kappa shape index (κ3) is 3.11. The van der Waals surface area contributed by atoms with E-state index in [0.29, 0.717) is 34.6 Å². The van der Waals surface area contributed by atoms with Crippen molar-refractivity contribution < 1.29 is 14.1 Å². The van der Waals surface area contributed by atoms with Crippen molar-refractivity contribution >= 4 is 17.3 Å². The smallest absolute Gasteiger partial charge is 0.272 e. The summed E-state index contributed by atoms with van der Waals surface area (Å²) in [5.74, 6) is 0.484. The van der Waals surface area contributed by atoms with E-state index in [2.05, 4.69) is 5.32 Å². The van der Waals surface area contributed by atoms with Gasteiger partial charge in [-0.2, -0.15) is 0 Å². The lowest BCUT2D eigenvalue weighted by molar-refractivity contribution is -0.385. The summed E-state index contributed by atoms with van der Waals surface area (Å²) in [4.78, 5) is 25.9. The topological polar surface area (TPSA) is 88.6 Å². The third-order valence-electron chi connectivity index (χ3n) is 4.93. The molecule has 28 heavy (non-hydrogen) atoms. The summed E-state index contributed by atoms with van der Waals surface area (Å²) in [6, 6.07) is 16.0. The van der Waals surface area contributed by atoms with Crippen LogP contribution in [0.15, 0.2) is 65.3 Å². The number of aryl methyl sites for hydroxylation is 1. The molecule has 0 saturated carbocycles. The summed E-state index contributed by atoms with van der Waals surface area (Å²) >= 11 is 0. The van der Waals surface area contributed by atoms with E-state index in [4.69, 9.17) is 4.42 Å². The van der Waals surface area contributed by atoms with Gasteiger partial charge in [0, 0.05) is 22.9 Å². The minimum atomic E-state index is -0.544. The first-order chi connectivity index (χ1) is 13.6. The van der Waals surface area contributed by atoms with Crippen LogP contribution in [0.2, 0.25) is 0 Å². The largest absolute Gasteiger partial charge is 0.467 e. The summed E-state index contributed by atoms with van der Waals surface area (Å²) < 4.78 is 5.43. The van der Waals surface area contributed by atoms with Crippen LogP contribution >= 0.6 is 0 Å². The lowest BCUT2D eigenvalue weighted by Gasteiger charge is -2.37. The number of hydrogen-bond donors (Lipinski definition) is 1. The molecule has 0 spiro atoms. The molecule has 142 valence electrons. The Kier molecular flexibility index (Phi) is 4.57. The SMILES string of the molecule is CCc1ccc([C@@H]2Nc3ccccc3C(=O)N2Cc2ccco2)cc1[N+](=O)[O-]. The lowest BCUT2D eigenvalue weighted by atomic mass is 10.0. The predicted octanol–water partition coefficient (Wildman–Crippen LogP) is 4.52. The predicted molar refractivity (Wildman–Crippen MR) is 104 cm³/mol. The van der Waals surface area contributed by atoms with E-state index >= 15 is 0 Å². The molecule has 2 heterocycles. The fraction of sp³-hybridized carbons (Fsp3) is 0.190. The molecule has 0 unspecified atom stereocenters. The lowest BCUT2D eigenvalue weighted by Crippen LogP contribution is -2.42. The normalized spacial score (nSPS) is 15.8. The zero-order valence-electron chi connectivity index (χ0n) is 15.3.